The van der Waals surface area contributed by atoms with Crippen LogP contribution in [0.5, 0.6) is 0 Å². The number of aldehydes is 1. The van der Waals surface area contributed by atoms with Gasteiger partial charge in [0.15, 0.2) is 11.4 Å². The number of carbonyl (C=O) groups excluding carboxylic acids is 1. The lowest BCUT2D eigenvalue weighted by Crippen LogP contribution is -2.26. The van der Waals surface area contributed by atoms with E-state index in [0.29, 0.717) is 6.04 Å². The number of anilines is 1. The van der Waals surface area contributed by atoms with Crippen LogP contribution in [0, 0.1) is 0 Å². The van der Waals surface area contributed by atoms with E-state index in [1.165, 1.54) is 12.8 Å². The van der Waals surface area contributed by atoms with Gasteiger partial charge in [-0.05, 0) is 19.3 Å². The zero-order valence-electron chi connectivity index (χ0n) is 11.7. The summed E-state index contributed by atoms with van der Waals surface area (Å²) in [7, 11) is 0. The average molecular weight is 266 g/mol. The van der Waals surface area contributed by atoms with E-state index in [9.17, 15) is 4.79 Å². The van der Waals surface area contributed by atoms with Gasteiger partial charge in [0.25, 0.3) is 0 Å². The van der Waals surface area contributed by atoms with E-state index in [1.807, 2.05) is 0 Å². The van der Waals surface area contributed by atoms with Gasteiger partial charge in [-0.3, -0.25) is 4.79 Å². The molecule has 18 heavy (non-hydrogen) atoms. The van der Waals surface area contributed by atoms with E-state index in [1.54, 1.807) is 11.3 Å². The molecule has 0 radical (unpaired) electrons. The summed E-state index contributed by atoms with van der Waals surface area (Å²) >= 11 is 1.55. The molecular formula is C14H22N2OS. The molecule has 1 fully saturated rings. The van der Waals surface area contributed by atoms with E-state index >= 15 is 0 Å². The summed E-state index contributed by atoms with van der Waals surface area (Å²) in [6.45, 7) is 9.56. The first-order valence-electron chi connectivity index (χ1n) is 6.70. The van der Waals surface area contributed by atoms with Crippen molar-refractivity contribution in [3.63, 3.8) is 0 Å². The molecular weight excluding hydrogens is 244 g/mol. The van der Waals surface area contributed by atoms with E-state index < -0.39 is 0 Å². The molecule has 0 N–H and O–H groups in total. The summed E-state index contributed by atoms with van der Waals surface area (Å²) in [6.07, 6.45) is 4.61. The van der Waals surface area contributed by atoms with Crippen LogP contribution in [0.1, 0.15) is 62.3 Å². The van der Waals surface area contributed by atoms with Gasteiger partial charge in [0.1, 0.15) is 0 Å². The van der Waals surface area contributed by atoms with Crippen molar-refractivity contribution in [2.75, 3.05) is 11.4 Å². The lowest BCUT2D eigenvalue weighted by Gasteiger charge is -2.21. The summed E-state index contributed by atoms with van der Waals surface area (Å²) in [4.78, 5) is 19.1. The number of rotatable bonds is 5. The smallest absolute Gasteiger partial charge is 0.186 e. The van der Waals surface area contributed by atoms with Gasteiger partial charge in [0.2, 0.25) is 0 Å². The van der Waals surface area contributed by atoms with Crippen LogP contribution in [0.25, 0.3) is 0 Å². The first-order valence-corrected chi connectivity index (χ1v) is 7.52. The third-order valence-corrected chi connectivity index (χ3v) is 4.18. The first kappa shape index (κ1) is 13.5. The summed E-state index contributed by atoms with van der Waals surface area (Å²) in [5, 5.41) is 1.03. The predicted octanol–water partition coefficient (Wildman–Crippen LogP) is 3.63. The SMILES string of the molecule is CCCN(c1nc(C(C)(C)C)c(C=O)s1)C1CC1. The lowest BCUT2D eigenvalue weighted by molar-refractivity contribution is 0.112. The third-order valence-electron chi connectivity index (χ3n) is 3.16. The molecule has 1 aromatic rings. The summed E-state index contributed by atoms with van der Waals surface area (Å²) < 4.78 is 0. The maximum atomic E-state index is 11.2. The molecule has 0 spiro atoms. The maximum Gasteiger partial charge on any atom is 0.186 e. The lowest BCUT2D eigenvalue weighted by atomic mass is 9.91. The van der Waals surface area contributed by atoms with Crippen molar-refractivity contribution in [3.8, 4) is 0 Å². The Hall–Kier alpha value is -0.900. The van der Waals surface area contributed by atoms with Crippen LogP contribution in [-0.2, 0) is 5.41 Å². The van der Waals surface area contributed by atoms with Gasteiger partial charge in [-0.1, -0.05) is 39.0 Å². The highest BCUT2D eigenvalue weighted by atomic mass is 32.1. The zero-order chi connectivity index (χ0) is 13.3. The molecule has 100 valence electrons. The van der Waals surface area contributed by atoms with Crippen molar-refractivity contribution in [2.24, 2.45) is 0 Å². The van der Waals surface area contributed by atoms with Crippen LogP contribution >= 0.6 is 11.3 Å². The molecule has 1 aliphatic carbocycles. The highest BCUT2D eigenvalue weighted by molar-refractivity contribution is 7.17. The highest BCUT2D eigenvalue weighted by Gasteiger charge is 2.32. The van der Waals surface area contributed by atoms with E-state index in [-0.39, 0.29) is 5.41 Å². The molecule has 0 aliphatic heterocycles. The number of aromatic nitrogens is 1. The van der Waals surface area contributed by atoms with Crippen molar-refractivity contribution >= 4 is 22.8 Å². The molecule has 0 aromatic carbocycles. The molecule has 0 bridgehead atoms. The minimum atomic E-state index is -0.0631. The Kier molecular flexibility index (Phi) is 3.76. The molecule has 3 nitrogen and oxygen atoms in total. The molecule has 2 rings (SSSR count). The summed E-state index contributed by atoms with van der Waals surface area (Å²) in [6, 6.07) is 0.656. The van der Waals surface area contributed by atoms with E-state index in [2.05, 4.69) is 32.6 Å². The second kappa shape index (κ2) is 5.00. The van der Waals surface area contributed by atoms with Crippen molar-refractivity contribution < 1.29 is 4.79 Å². The average Bonchev–Trinajstić information content (AvgIpc) is 3.02. The van der Waals surface area contributed by atoms with Crippen molar-refractivity contribution in [2.45, 2.75) is 58.4 Å². The Labute approximate surface area is 113 Å². The van der Waals surface area contributed by atoms with Crippen LogP contribution in [-0.4, -0.2) is 23.9 Å². The number of hydrogen-bond acceptors (Lipinski definition) is 4. The molecule has 0 saturated heterocycles. The molecule has 0 atom stereocenters. The second-order valence-corrected chi connectivity index (χ2v) is 7.01. The number of hydrogen-bond donors (Lipinski definition) is 0. The molecule has 1 heterocycles. The Morgan fingerprint density at radius 3 is 2.50 bits per heavy atom. The van der Waals surface area contributed by atoms with Gasteiger partial charge >= 0.3 is 0 Å². The minimum Gasteiger partial charge on any atom is -0.345 e. The summed E-state index contributed by atoms with van der Waals surface area (Å²) in [5.41, 5.74) is 0.881. The van der Waals surface area contributed by atoms with Crippen LogP contribution in [0.4, 0.5) is 5.13 Å². The standard InChI is InChI=1S/C14H22N2OS/c1-5-8-16(10-6-7-10)13-15-12(14(2,3)4)11(9-17)18-13/h9-10H,5-8H2,1-4H3. The quantitative estimate of drug-likeness (QED) is 0.763. The third kappa shape index (κ3) is 2.74. The van der Waals surface area contributed by atoms with Crippen LogP contribution in [0.3, 0.4) is 0 Å². The Morgan fingerprint density at radius 1 is 1.44 bits per heavy atom. The molecule has 1 aliphatic rings. The van der Waals surface area contributed by atoms with Crippen LogP contribution in [0.2, 0.25) is 0 Å². The summed E-state index contributed by atoms with van der Waals surface area (Å²) in [5.74, 6) is 0. The van der Waals surface area contributed by atoms with Crippen molar-refractivity contribution in [3.05, 3.63) is 10.6 Å². The topological polar surface area (TPSA) is 33.2 Å². The zero-order valence-corrected chi connectivity index (χ0v) is 12.5. The number of carbonyl (C=O) groups is 1. The fourth-order valence-electron chi connectivity index (χ4n) is 2.12. The van der Waals surface area contributed by atoms with Crippen molar-refractivity contribution in [1.29, 1.82) is 0 Å². The molecule has 0 unspecified atom stereocenters. The minimum absolute atomic E-state index is 0.0631. The van der Waals surface area contributed by atoms with E-state index in [4.69, 9.17) is 4.98 Å². The Morgan fingerprint density at radius 2 is 2.11 bits per heavy atom. The predicted molar refractivity (Wildman–Crippen MR) is 76.9 cm³/mol. The molecule has 1 aromatic heterocycles. The molecule has 0 amide bonds. The van der Waals surface area contributed by atoms with Gasteiger partial charge in [0, 0.05) is 18.0 Å². The monoisotopic (exact) mass is 266 g/mol. The van der Waals surface area contributed by atoms with Gasteiger partial charge < -0.3 is 4.90 Å². The first-order chi connectivity index (χ1) is 8.47. The highest BCUT2D eigenvalue weighted by Crippen LogP contribution is 2.37. The number of nitrogens with zero attached hydrogens (tertiary/aromatic N) is 2. The van der Waals surface area contributed by atoms with Gasteiger partial charge in [-0.25, -0.2) is 4.98 Å². The van der Waals surface area contributed by atoms with Gasteiger partial charge in [-0.2, -0.15) is 0 Å². The van der Waals surface area contributed by atoms with E-state index in [0.717, 1.165) is 35.0 Å². The number of thiazole rings is 1. The largest absolute Gasteiger partial charge is 0.345 e. The van der Waals surface area contributed by atoms with Crippen LogP contribution < -0.4 is 4.90 Å². The van der Waals surface area contributed by atoms with Crippen LogP contribution in [0.15, 0.2) is 0 Å². The Balaban J connectivity index is 2.33. The maximum absolute atomic E-state index is 11.2. The normalized spacial score (nSPS) is 15.8. The van der Waals surface area contributed by atoms with Crippen molar-refractivity contribution in [1.82, 2.24) is 4.98 Å². The fraction of sp³-hybridized carbons (Fsp3) is 0.714. The molecule has 1 saturated carbocycles. The molecule has 4 heteroatoms. The van der Waals surface area contributed by atoms with Gasteiger partial charge in [-0.15, -0.1) is 0 Å². The Bertz CT molecular complexity index is 429. The second-order valence-electron chi connectivity index (χ2n) is 6.00. The van der Waals surface area contributed by atoms with Gasteiger partial charge in [0.05, 0.1) is 10.6 Å². The fourth-order valence-corrected chi connectivity index (χ4v) is 3.31.